The van der Waals surface area contributed by atoms with Crippen LogP contribution in [-0.2, 0) is 11.5 Å². The summed E-state index contributed by atoms with van der Waals surface area (Å²) >= 11 is 5.88. The maximum absolute atomic E-state index is 5.88. The van der Waals surface area contributed by atoms with Crippen molar-refractivity contribution in [2.24, 2.45) is 0 Å². The van der Waals surface area contributed by atoms with Crippen molar-refractivity contribution < 1.29 is 9.47 Å². The minimum absolute atomic E-state index is 0.000888. The fraction of sp³-hybridized carbons (Fsp3) is 0.562. The Balaban J connectivity index is 2.11. The molecular formula is C16H25ClN4O2Si. The first-order valence-corrected chi connectivity index (χ1v) is 12.1. The molecule has 0 aliphatic carbocycles. The van der Waals surface area contributed by atoms with E-state index in [1.807, 2.05) is 13.8 Å². The van der Waals surface area contributed by atoms with Gasteiger partial charge < -0.3 is 9.47 Å². The van der Waals surface area contributed by atoms with Gasteiger partial charge >= 0.3 is 6.01 Å². The molecule has 0 bridgehead atoms. The van der Waals surface area contributed by atoms with Gasteiger partial charge in [-0.05, 0) is 32.0 Å². The van der Waals surface area contributed by atoms with Crippen molar-refractivity contribution >= 4 is 19.7 Å². The Morgan fingerprint density at radius 1 is 1.25 bits per heavy atom. The molecule has 0 aromatic carbocycles. The van der Waals surface area contributed by atoms with Crippen LogP contribution in [0.4, 0.5) is 0 Å². The summed E-state index contributed by atoms with van der Waals surface area (Å²) in [6, 6.07) is 5.09. The zero-order valence-electron chi connectivity index (χ0n) is 14.9. The number of ether oxygens (including phenoxy) is 2. The predicted octanol–water partition coefficient (Wildman–Crippen LogP) is 4.09. The molecule has 8 heteroatoms. The number of rotatable bonds is 8. The molecule has 6 nitrogen and oxygen atoms in total. The zero-order chi connectivity index (χ0) is 17.7. The molecule has 0 aliphatic heterocycles. The summed E-state index contributed by atoms with van der Waals surface area (Å²) in [5.74, 6) is 0.496. The highest BCUT2D eigenvalue weighted by molar-refractivity contribution is 6.76. The van der Waals surface area contributed by atoms with Gasteiger partial charge in [0.15, 0.2) is 0 Å². The number of pyridine rings is 1. The third-order valence-corrected chi connectivity index (χ3v) is 5.07. The molecule has 24 heavy (non-hydrogen) atoms. The molecule has 0 radical (unpaired) electrons. The third-order valence-electron chi connectivity index (χ3n) is 3.15. The Kier molecular flexibility index (Phi) is 6.37. The van der Waals surface area contributed by atoms with Crippen LogP contribution < -0.4 is 4.74 Å². The van der Waals surface area contributed by atoms with E-state index in [0.717, 1.165) is 6.04 Å². The number of hydrogen-bond donors (Lipinski definition) is 0. The smallest absolute Gasteiger partial charge is 0.317 e. The highest BCUT2D eigenvalue weighted by atomic mass is 35.5. The molecule has 2 aromatic rings. The average Bonchev–Trinajstić information content (AvgIpc) is 2.85. The lowest BCUT2D eigenvalue weighted by Gasteiger charge is -2.15. The van der Waals surface area contributed by atoms with Crippen LogP contribution >= 0.6 is 11.6 Å². The fourth-order valence-electron chi connectivity index (χ4n) is 1.86. The Labute approximate surface area is 149 Å². The summed E-state index contributed by atoms with van der Waals surface area (Å²) in [6.45, 7) is 11.9. The lowest BCUT2D eigenvalue weighted by molar-refractivity contribution is 0.0659. The van der Waals surface area contributed by atoms with Crippen LogP contribution in [0.2, 0.25) is 30.7 Å². The largest absolute Gasteiger partial charge is 0.461 e. The summed E-state index contributed by atoms with van der Waals surface area (Å²) in [6.07, 6.45) is 1.58. The molecule has 0 saturated heterocycles. The lowest BCUT2D eigenvalue weighted by atomic mass is 10.3. The number of halogens is 1. The molecule has 2 heterocycles. The molecule has 0 unspecified atom stereocenters. The van der Waals surface area contributed by atoms with E-state index in [4.69, 9.17) is 21.1 Å². The molecular weight excluding hydrogens is 344 g/mol. The summed E-state index contributed by atoms with van der Waals surface area (Å²) in [7, 11) is -1.11. The van der Waals surface area contributed by atoms with E-state index < -0.39 is 8.07 Å². The van der Waals surface area contributed by atoms with Crippen molar-refractivity contribution in [2.45, 2.75) is 52.4 Å². The third kappa shape index (κ3) is 5.88. The van der Waals surface area contributed by atoms with Gasteiger partial charge in [-0.2, -0.15) is 9.67 Å². The van der Waals surface area contributed by atoms with Crippen molar-refractivity contribution in [2.75, 3.05) is 6.61 Å². The standard InChI is InChI=1S/C16H25ClN4O2Si/c1-12(2)23-16-19-15(14-7-6-13(17)10-18-14)20-21(16)11-22-8-9-24(3,4)5/h6-7,10,12H,8-9,11H2,1-5H3. The van der Waals surface area contributed by atoms with Gasteiger partial charge in [0.1, 0.15) is 12.4 Å². The van der Waals surface area contributed by atoms with E-state index in [-0.39, 0.29) is 6.10 Å². The minimum Gasteiger partial charge on any atom is -0.461 e. The average molecular weight is 369 g/mol. The first-order valence-electron chi connectivity index (χ1n) is 8.06. The number of hydrogen-bond acceptors (Lipinski definition) is 5. The summed E-state index contributed by atoms with van der Waals surface area (Å²) in [5.41, 5.74) is 0.647. The Morgan fingerprint density at radius 2 is 2.00 bits per heavy atom. The second kappa shape index (κ2) is 8.09. The normalized spacial score (nSPS) is 12.0. The van der Waals surface area contributed by atoms with Crippen LogP contribution in [0, 0.1) is 0 Å². The highest BCUT2D eigenvalue weighted by Gasteiger charge is 2.16. The van der Waals surface area contributed by atoms with E-state index in [1.54, 1.807) is 23.0 Å². The van der Waals surface area contributed by atoms with Crippen LogP contribution in [0.5, 0.6) is 6.01 Å². The summed E-state index contributed by atoms with van der Waals surface area (Å²) in [4.78, 5) is 8.68. The van der Waals surface area contributed by atoms with E-state index >= 15 is 0 Å². The van der Waals surface area contributed by atoms with Gasteiger partial charge in [0.2, 0.25) is 5.82 Å². The minimum atomic E-state index is -1.11. The van der Waals surface area contributed by atoms with Crippen LogP contribution in [0.15, 0.2) is 18.3 Å². The fourth-order valence-corrected chi connectivity index (χ4v) is 2.72. The van der Waals surface area contributed by atoms with Crippen molar-refractivity contribution in [1.82, 2.24) is 19.7 Å². The van der Waals surface area contributed by atoms with Gasteiger partial charge in [0.25, 0.3) is 0 Å². The van der Waals surface area contributed by atoms with Gasteiger partial charge in [0, 0.05) is 20.9 Å². The molecule has 0 atom stereocenters. The second-order valence-corrected chi connectivity index (χ2v) is 13.2. The summed E-state index contributed by atoms with van der Waals surface area (Å²) < 4.78 is 13.1. The lowest BCUT2D eigenvalue weighted by Crippen LogP contribution is -2.22. The zero-order valence-corrected chi connectivity index (χ0v) is 16.7. The molecule has 0 N–H and O–H groups in total. The molecule has 2 aromatic heterocycles. The first-order chi connectivity index (χ1) is 11.2. The number of nitrogens with zero attached hydrogens (tertiary/aromatic N) is 4. The van der Waals surface area contributed by atoms with Crippen LogP contribution in [0.25, 0.3) is 11.5 Å². The SMILES string of the molecule is CC(C)Oc1nc(-c2ccc(Cl)cn2)nn1COCC[Si](C)(C)C. The van der Waals surface area contributed by atoms with Crippen LogP contribution in [0.1, 0.15) is 13.8 Å². The van der Waals surface area contributed by atoms with Gasteiger partial charge in [-0.1, -0.05) is 31.2 Å². The Morgan fingerprint density at radius 3 is 2.58 bits per heavy atom. The van der Waals surface area contributed by atoms with E-state index in [9.17, 15) is 0 Å². The highest BCUT2D eigenvalue weighted by Crippen LogP contribution is 2.20. The van der Waals surface area contributed by atoms with Gasteiger partial charge in [-0.15, -0.1) is 5.10 Å². The first kappa shape index (κ1) is 18.9. The van der Waals surface area contributed by atoms with E-state index in [1.165, 1.54) is 0 Å². The Hall–Kier alpha value is -1.44. The van der Waals surface area contributed by atoms with E-state index in [0.29, 0.717) is 35.9 Å². The quantitative estimate of drug-likeness (QED) is 0.518. The maximum Gasteiger partial charge on any atom is 0.317 e. The topological polar surface area (TPSA) is 62.1 Å². The van der Waals surface area contributed by atoms with Crippen molar-refractivity contribution in [3.05, 3.63) is 23.4 Å². The van der Waals surface area contributed by atoms with Crippen molar-refractivity contribution in [1.29, 1.82) is 0 Å². The molecule has 0 fully saturated rings. The predicted molar refractivity (Wildman–Crippen MR) is 98.1 cm³/mol. The van der Waals surface area contributed by atoms with Gasteiger partial charge in [-0.25, -0.2) is 0 Å². The molecule has 2 rings (SSSR count). The molecule has 132 valence electrons. The Bertz CT molecular complexity index is 653. The van der Waals surface area contributed by atoms with Crippen molar-refractivity contribution in [3.63, 3.8) is 0 Å². The number of aromatic nitrogens is 4. The van der Waals surface area contributed by atoms with Gasteiger partial charge in [-0.3, -0.25) is 4.98 Å². The molecule has 0 aliphatic rings. The van der Waals surface area contributed by atoms with Crippen LogP contribution in [0.3, 0.4) is 0 Å². The van der Waals surface area contributed by atoms with Gasteiger partial charge in [0.05, 0.1) is 11.1 Å². The van der Waals surface area contributed by atoms with E-state index in [2.05, 4.69) is 34.7 Å². The molecule has 0 spiro atoms. The molecule has 0 amide bonds. The van der Waals surface area contributed by atoms with Crippen LogP contribution in [-0.4, -0.2) is 40.5 Å². The second-order valence-electron chi connectivity index (χ2n) is 7.09. The maximum atomic E-state index is 5.88. The van der Waals surface area contributed by atoms with Crippen molar-refractivity contribution in [3.8, 4) is 17.5 Å². The monoisotopic (exact) mass is 368 g/mol. The summed E-state index contributed by atoms with van der Waals surface area (Å²) in [5, 5.41) is 5.03. The molecule has 0 saturated carbocycles.